The Kier molecular flexibility index (Phi) is 3.79. The van der Waals surface area contributed by atoms with E-state index in [0.717, 1.165) is 22.8 Å². The number of fused-ring (bicyclic) bond motifs is 1. The van der Waals surface area contributed by atoms with Crippen molar-refractivity contribution in [1.82, 2.24) is 15.0 Å². The highest BCUT2D eigenvalue weighted by Gasteiger charge is 2.12. The van der Waals surface area contributed by atoms with Gasteiger partial charge in [-0.25, -0.2) is 0 Å². The van der Waals surface area contributed by atoms with Gasteiger partial charge in [-0.1, -0.05) is 0 Å². The number of ether oxygens (including phenoxy) is 2. The van der Waals surface area contributed by atoms with Crippen molar-refractivity contribution in [3.63, 3.8) is 0 Å². The topological polar surface area (TPSA) is 83.2 Å². The standard InChI is InChI=1S/C12H11ClN4O2S/c13-10-15-11(14)17-12(16-10)20-7-2-3-8-9(6-7)19-5-1-4-18-8/h2-3,6H,1,4-5H2,(H2,14,15,16,17). The summed E-state index contributed by atoms with van der Waals surface area (Å²) in [6.45, 7) is 1.31. The molecule has 2 N–H and O–H groups in total. The Morgan fingerprint density at radius 2 is 1.90 bits per heavy atom. The lowest BCUT2D eigenvalue weighted by molar-refractivity contribution is 0.297. The monoisotopic (exact) mass is 310 g/mol. The average Bonchev–Trinajstić information content (AvgIpc) is 2.62. The molecule has 0 radical (unpaired) electrons. The minimum atomic E-state index is 0.0781. The molecule has 0 amide bonds. The maximum Gasteiger partial charge on any atom is 0.228 e. The molecule has 0 aliphatic carbocycles. The molecule has 0 spiro atoms. The Labute approximate surface area is 124 Å². The van der Waals surface area contributed by atoms with Gasteiger partial charge in [0.1, 0.15) is 0 Å². The Hall–Kier alpha value is -1.73. The van der Waals surface area contributed by atoms with Crippen LogP contribution in [0.4, 0.5) is 5.95 Å². The number of nitrogens with two attached hydrogens (primary N) is 1. The molecule has 8 heteroatoms. The van der Waals surface area contributed by atoms with E-state index in [1.165, 1.54) is 11.8 Å². The number of hydrogen-bond acceptors (Lipinski definition) is 7. The quantitative estimate of drug-likeness (QED) is 0.912. The number of halogens is 1. The average molecular weight is 311 g/mol. The molecule has 0 atom stereocenters. The highest BCUT2D eigenvalue weighted by molar-refractivity contribution is 7.99. The van der Waals surface area contributed by atoms with Crippen LogP contribution in [-0.2, 0) is 0 Å². The van der Waals surface area contributed by atoms with Gasteiger partial charge in [-0.05, 0) is 41.6 Å². The lowest BCUT2D eigenvalue weighted by atomic mass is 10.3. The van der Waals surface area contributed by atoms with Gasteiger partial charge in [0.05, 0.1) is 13.2 Å². The molecule has 20 heavy (non-hydrogen) atoms. The van der Waals surface area contributed by atoms with Gasteiger partial charge in [0, 0.05) is 11.3 Å². The fourth-order valence-corrected chi connectivity index (χ4v) is 2.71. The van der Waals surface area contributed by atoms with E-state index in [9.17, 15) is 0 Å². The first-order valence-corrected chi connectivity index (χ1v) is 7.15. The van der Waals surface area contributed by atoms with Crippen molar-refractivity contribution in [1.29, 1.82) is 0 Å². The highest BCUT2D eigenvalue weighted by atomic mass is 35.5. The summed E-state index contributed by atoms with van der Waals surface area (Å²) in [6, 6.07) is 5.67. The van der Waals surface area contributed by atoms with Crippen LogP contribution >= 0.6 is 23.4 Å². The molecule has 0 fully saturated rings. The van der Waals surface area contributed by atoms with E-state index >= 15 is 0 Å². The molecule has 1 aromatic heterocycles. The number of aromatic nitrogens is 3. The third kappa shape index (κ3) is 3.05. The van der Waals surface area contributed by atoms with Gasteiger partial charge < -0.3 is 15.2 Å². The molecule has 2 heterocycles. The van der Waals surface area contributed by atoms with Crippen molar-refractivity contribution in [2.24, 2.45) is 0 Å². The molecule has 1 aliphatic rings. The number of hydrogen-bond donors (Lipinski definition) is 1. The fraction of sp³-hybridized carbons (Fsp3) is 0.250. The van der Waals surface area contributed by atoms with Gasteiger partial charge in [-0.2, -0.15) is 15.0 Å². The second kappa shape index (κ2) is 5.72. The number of nitrogen functional groups attached to an aromatic ring is 1. The van der Waals surface area contributed by atoms with Crippen molar-refractivity contribution in [2.45, 2.75) is 16.5 Å². The molecule has 0 bridgehead atoms. The molecule has 1 aromatic carbocycles. The molecule has 0 unspecified atom stereocenters. The normalized spacial score (nSPS) is 13.8. The molecular formula is C12H11ClN4O2S. The first-order valence-electron chi connectivity index (χ1n) is 5.95. The lowest BCUT2D eigenvalue weighted by Crippen LogP contribution is -1.99. The van der Waals surface area contributed by atoms with E-state index in [1.54, 1.807) is 0 Å². The van der Waals surface area contributed by atoms with Crippen molar-refractivity contribution < 1.29 is 9.47 Å². The summed E-state index contributed by atoms with van der Waals surface area (Å²) in [7, 11) is 0. The fourth-order valence-electron chi connectivity index (χ4n) is 1.70. The predicted molar refractivity (Wildman–Crippen MR) is 75.4 cm³/mol. The molecule has 2 aromatic rings. The van der Waals surface area contributed by atoms with Crippen molar-refractivity contribution in [2.75, 3.05) is 18.9 Å². The number of nitrogens with zero attached hydrogens (tertiary/aromatic N) is 3. The Morgan fingerprint density at radius 1 is 1.10 bits per heavy atom. The van der Waals surface area contributed by atoms with E-state index in [1.807, 2.05) is 18.2 Å². The van der Waals surface area contributed by atoms with Crippen molar-refractivity contribution in [3.05, 3.63) is 23.5 Å². The van der Waals surface area contributed by atoms with Crippen LogP contribution in [0.3, 0.4) is 0 Å². The summed E-state index contributed by atoms with van der Waals surface area (Å²) in [5.74, 6) is 1.57. The molecule has 6 nitrogen and oxygen atoms in total. The Balaban J connectivity index is 1.85. The van der Waals surface area contributed by atoms with Gasteiger partial charge in [0.25, 0.3) is 0 Å². The zero-order valence-corrected chi connectivity index (χ0v) is 11.9. The van der Waals surface area contributed by atoms with E-state index < -0.39 is 0 Å². The maximum atomic E-state index is 5.75. The van der Waals surface area contributed by atoms with E-state index in [-0.39, 0.29) is 11.2 Å². The van der Waals surface area contributed by atoms with Gasteiger partial charge >= 0.3 is 0 Å². The van der Waals surface area contributed by atoms with Crippen LogP contribution < -0.4 is 15.2 Å². The van der Waals surface area contributed by atoms with Gasteiger partial charge in [-0.3, -0.25) is 0 Å². The largest absolute Gasteiger partial charge is 0.490 e. The molecule has 0 saturated heterocycles. The maximum absolute atomic E-state index is 5.75. The van der Waals surface area contributed by atoms with Crippen LogP contribution in [-0.4, -0.2) is 28.2 Å². The summed E-state index contributed by atoms with van der Waals surface area (Å²) >= 11 is 7.09. The molecule has 1 aliphatic heterocycles. The minimum absolute atomic E-state index is 0.0781. The van der Waals surface area contributed by atoms with E-state index in [0.29, 0.717) is 18.4 Å². The predicted octanol–water partition coefficient (Wildman–Crippen LogP) is 2.42. The number of rotatable bonds is 2. The zero-order valence-electron chi connectivity index (χ0n) is 10.4. The third-order valence-electron chi connectivity index (χ3n) is 2.53. The first kappa shape index (κ1) is 13.3. The Bertz CT molecular complexity index is 621. The van der Waals surface area contributed by atoms with Gasteiger partial charge in [-0.15, -0.1) is 0 Å². The van der Waals surface area contributed by atoms with Crippen molar-refractivity contribution in [3.8, 4) is 11.5 Å². The van der Waals surface area contributed by atoms with Crippen molar-refractivity contribution >= 4 is 29.3 Å². The first-order chi connectivity index (χ1) is 9.70. The van der Waals surface area contributed by atoms with Crippen LogP contribution in [0.1, 0.15) is 6.42 Å². The summed E-state index contributed by atoms with van der Waals surface area (Å²) < 4.78 is 11.2. The SMILES string of the molecule is Nc1nc(Cl)nc(Sc2ccc3c(c2)OCCCO3)n1. The highest BCUT2D eigenvalue weighted by Crippen LogP contribution is 2.35. The van der Waals surface area contributed by atoms with Gasteiger partial charge in [0.2, 0.25) is 11.2 Å². The summed E-state index contributed by atoms with van der Waals surface area (Å²) in [5, 5.41) is 0.520. The summed E-state index contributed by atoms with van der Waals surface area (Å²) in [6.07, 6.45) is 0.872. The Morgan fingerprint density at radius 3 is 2.70 bits per heavy atom. The van der Waals surface area contributed by atoms with Crippen LogP contribution in [0, 0.1) is 0 Å². The van der Waals surface area contributed by atoms with Crippen LogP contribution in [0.2, 0.25) is 5.28 Å². The summed E-state index contributed by atoms with van der Waals surface area (Å²) in [4.78, 5) is 12.7. The van der Waals surface area contributed by atoms with E-state index in [4.69, 9.17) is 26.8 Å². The second-order valence-corrected chi connectivity index (χ2v) is 5.39. The lowest BCUT2D eigenvalue weighted by Gasteiger charge is -2.08. The molecule has 3 rings (SSSR count). The molecule has 0 saturated carbocycles. The zero-order chi connectivity index (χ0) is 13.9. The summed E-state index contributed by atoms with van der Waals surface area (Å²) in [5.41, 5.74) is 5.54. The van der Waals surface area contributed by atoms with Crippen LogP contribution in [0.5, 0.6) is 11.5 Å². The third-order valence-corrected chi connectivity index (χ3v) is 3.56. The smallest absolute Gasteiger partial charge is 0.228 e. The number of benzene rings is 1. The number of anilines is 1. The molecule has 104 valence electrons. The minimum Gasteiger partial charge on any atom is -0.490 e. The van der Waals surface area contributed by atoms with E-state index in [2.05, 4.69) is 15.0 Å². The van der Waals surface area contributed by atoms with Gasteiger partial charge in [0.15, 0.2) is 16.7 Å². The van der Waals surface area contributed by atoms with Crippen LogP contribution in [0.15, 0.2) is 28.3 Å². The van der Waals surface area contributed by atoms with Crippen LogP contribution in [0.25, 0.3) is 0 Å². The second-order valence-electron chi connectivity index (χ2n) is 4.01. The molecular weight excluding hydrogens is 300 g/mol.